The molecule has 1 saturated heterocycles. The summed E-state index contributed by atoms with van der Waals surface area (Å²) in [6.45, 7) is 1.46. The van der Waals surface area contributed by atoms with Gasteiger partial charge < -0.3 is 25.0 Å². The fourth-order valence-corrected chi connectivity index (χ4v) is 3.73. The number of hydrogen-bond donors (Lipinski definition) is 3. The Morgan fingerprint density at radius 1 is 1.30 bits per heavy atom. The van der Waals surface area contributed by atoms with Crippen LogP contribution in [-0.4, -0.2) is 67.2 Å². The second-order valence-electron chi connectivity index (χ2n) is 7.10. The first kappa shape index (κ1) is 20.4. The van der Waals surface area contributed by atoms with E-state index in [0.717, 1.165) is 0 Å². The van der Waals surface area contributed by atoms with Gasteiger partial charge in [-0.25, -0.2) is 15.0 Å². The number of rotatable bonds is 6. The summed E-state index contributed by atoms with van der Waals surface area (Å²) >= 11 is 0. The summed E-state index contributed by atoms with van der Waals surface area (Å²) in [7, 11) is 1.47. The Kier molecular flexibility index (Phi) is 5.48. The average molecular weight is 413 g/mol. The van der Waals surface area contributed by atoms with Crippen LogP contribution in [-0.2, 0) is 9.47 Å². The highest BCUT2D eigenvalue weighted by Gasteiger charge is 2.54. The number of amides is 1. The molecule has 4 atom stereocenters. The lowest BCUT2D eigenvalue weighted by atomic mass is 9.93. The zero-order valence-corrected chi connectivity index (χ0v) is 16.6. The summed E-state index contributed by atoms with van der Waals surface area (Å²) in [5.41, 5.74) is 0.102. The van der Waals surface area contributed by atoms with Gasteiger partial charge in [0.05, 0.1) is 12.9 Å². The maximum absolute atomic E-state index is 12.5. The van der Waals surface area contributed by atoms with E-state index in [-0.39, 0.29) is 18.3 Å². The van der Waals surface area contributed by atoms with Gasteiger partial charge in [0, 0.05) is 12.7 Å². The van der Waals surface area contributed by atoms with Crippen molar-refractivity contribution in [2.45, 2.75) is 37.4 Å². The van der Waals surface area contributed by atoms with Crippen LogP contribution in [0.1, 0.15) is 29.9 Å². The molecule has 158 valence electrons. The molecule has 0 spiro atoms. The first-order chi connectivity index (χ1) is 14.5. The van der Waals surface area contributed by atoms with Crippen LogP contribution in [0, 0.1) is 0 Å². The molecule has 1 fully saturated rings. The number of aliphatic hydroxyl groups excluding tert-OH is 2. The van der Waals surface area contributed by atoms with Crippen molar-refractivity contribution in [3.8, 4) is 0 Å². The van der Waals surface area contributed by atoms with E-state index >= 15 is 0 Å². The molecule has 10 heteroatoms. The fourth-order valence-electron chi connectivity index (χ4n) is 3.73. The van der Waals surface area contributed by atoms with E-state index in [9.17, 15) is 15.0 Å². The number of carbonyl (C=O) groups excluding carboxylic acids is 1. The Morgan fingerprint density at radius 3 is 2.73 bits per heavy atom. The van der Waals surface area contributed by atoms with Crippen LogP contribution in [0.5, 0.6) is 0 Å². The van der Waals surface area contributed by atoms with Gasteiger partial charge >= 0.3 is 0 Å². The molecule has 10 nitrogen and oxygen atoms in total. The molecule has 1 aromatic carbocycles. The van der Waals surface area contributed by atoms with Gasteiger partial charge in [-0.15, -0.1) is 0 Å². The summed E-state index contributed by atoms with van der Waals surface area (Å²) in [6, 6.07) is 8.76. The Balaban J connectivity index is 1.69. The molecule has 0 aliphatic carbocycles. The monoisotopic (exact) mass is 413 g/mol. The van der Waals surface area contributed by atoms with E-state index in [0.29, 0.717) is 23.1 Å². The van der Waals surface area contributed by atoms with E-state index in [4.69, 9.17) is 9.47 Å². The van der Waals surface area contributed by atoms with Gasteiger partial charge in [0.2, 0.25) is 0 Å². The molecular weight excluding hydrogens is 390 g/mol. The molecule has 0 bridgehead atoms. The zero-order valence-electron chi connectivity index (χ0n) is 16.6. The van der Waals surface area contributed by atoms with Crippen LogP contribution >= 0.6 is 0 Å². The molecule has 3 heterocycles. The molecule has 2 unspecified atom stereocenters. The number of nitrogens with one attached hydrogen (secondary N) is 1. The van der Waals surface area contributed by atoms with Crippen LogP contribution < -0.4 is 5.32 Å². The quantitative estimate of drug-likeness (QED) is 0.548. The largest absolute Gasteiger partial charge is 0.393 e. The number of aromatic nitrogens is 4. The Labute approximate surface area is 172 Å². The van der Waals surface area contributed by atoms with E-state index in [1.807, 2.05) is 13.0 Å². The van der Waals surface area contributed by atoms with Crippen LogP contribution in [0.25, 0.3) is 11.2 Å². The molecule has 30 heavy (non-hydrogen) atoms. The van der Waals surface area contributed by atoms with E-state index in [1.54, 1.807) is 28.8 Å². The summed E-state index contributed by atoms with van der Waals surface area (Å²) in [5, 5.41) is 23.3. The number of nitrogens with zero attached hydrogens (tertiary/aromatic N) is 4. The molecule has 2 aromatic heterocycles. The second kappa shape index (κ2) is 8.07. The third-order valence-electron chi connectivity index (χ3n) is 5.53. The average Bonchev–Trinajstić information content (AvgIpc) is 3.33. The number of fused-ring (bicyclic) bond motifs is 1. The van der Waals surface area contributed by atoms with Crippen LogP contribution in [0.15, 0.2) is 43.0 Å². The number of aliphatic hydroxyl groups is 2. The van der Waals surface area contributed by atoms with Gasteiger partial charge in [-0.3, -0.25) is 9.36 Å². The molecule has 1 aliphatic rings. The minimum Gasteiger partial charge on any atom is -0.393 e. The number of methoxy groups -OCH3 is 1. The van der Waals surface area contributed by atoms with Crippen molar-refractivity contribution in [2.75, 3.05) is 19.0 Å². The molecule has 3 N–H and O–H groups in total. The predicted molar refractivity (Wildman–Crippen MR) is 107 cm³/mol. The number of imidazole rings is 1. The van der Waals surface area contributed by atoms with Gasteiger partial charge in [0.15, 0.2) is 23.2 Å². The standard InChI is InChI=1S/C20H23N5O5/c1-3-20(9-26)15(27)14(29-2)19(30-20)25-11-23-13-16(21-10-22-17(13)25)24-18(28)12-7-5-4-6-8-12/h4-8,10-11,14-15,19,26-27H,3,9H2,1-2H3,(H,21,22,24,28)/t14?,15?,19-,20-/m1/s1. The highest BCUT2D eigenvalue weighted by atomic mass is 16.6. The highest BCUT2D eigenvalue weighted by Crippen LogP contribution is 2.41. The van der Waals surface area contributed by atoms with Gasteiger partial charge in [0.1, 0.15) is 24.1 Å². The van der Waals surface area contributed by atoms with Crippen molar-refractivity contribution in [3.05, 3.63) is 48.5 Å². The molecule has 0 radical (unpaired) electrons. The molecular formula is C20H23N5O5. The lowest BCUT2D eigenvalue weighted by molar-refractivity contribution is -0.129. The third kappa shape index (κ3) is 3.23. The van der Waals surface area contributed by atoms with E-state index in [2.05, 4.69) is 20.3 Å². The Bertz CT molecular complexity index is 1040. The van der Waals surface area contributed by atoms with Crippen molar-refractivity contribution < 1.29 is 24.5 Å². The third-order valence-corrected chi connectivity index (χ3v) is 5.53. The van der Waals surface area contributed by atoms with Crippen molar-refractivity contribution in [3.63, 3.8) is 0 Å². The summed E-state index contributed by atoms with van der Waals surface area (Å²) in [6.07, 6.45) is 0.638. The first-order valence-electron chi connectivity index (χ1n) is 9.58. The van der Waals surface area contributed by atoms with Crippen molar-refractivity contribution in [1.29, 1.82) is 0 Å². The van der Waals surface area contributed by atoms with Crippen LogP contribution in [0.2, 0.25) is 0 Å². The van der Waals surface area contributed by atoms with Crippen molar-refractivity contribution in [1.82, 2.24) is 19.5 Å². The number of benzene rings is 1. The number of ether oxygens (including phenoxy) is 2. The molecule has 3 aromatic rings. The molecule has 0 saturated carbocycles. The molecule has 4 rings (SSSR count). The van der Waals surface area contributed by atoms with Crippen molar-refractivity contribution in [2.24, 2.45) is 0 Å². The normalized spacial score (nSPS) is 26.2. The van der Waals surface area contributed by atoms with Gasteiger partial charge in [-0.05, 0) is 18.6 Å². The SMILES string of the molecule is CC[C@]1(CO)O[C@@H](n2cnc3c(NC(=O)c4ccccc4)ncnc32)C(OC)C1O. The smallest absolute Gasteiger partial charge is 0.256 e. The molecule has 1 aliphatic heterocycles. The zero-order chi connectivity index (χ0) is 21.3. The van der Waals surface area contributed by atoms with Crippen LogP contribution in [0.4, 0.5) is 5.82 Å². The lowest BCUT2D eigenvalue weighted by Gasteiger charge is -2.28. The number of hydrogen-bond acceptors (Lipinski definition) is 8. The van der Waals surface area contributed by atoms with Gasteiger partial charge in [-0.2, -0.15) is 0 Å². The lowest BCUT2D eigenvalue weighted by Crippen LogP contribution is -2.46. The fraction of sp³-hybridized carbons (Fsp3) is 0.400. The Hall–Kier alpha value is -2.92. The van der Waals surface area contributed by atoms with Gasteiger partial charge in [-0.1, -0.05) is 25.1 Å². The molecule has 1 amide bonds. The van der Waals surface area contributed by atoms with E-state index < -0.39 is 24.0 Å². The van der Waals surface area contributed by atoms with Crippen LogP contribution in [0.3, 0.4) is 0 Å². The van der Waals surface area contributed by atoms with E-state index in [1.165, 1.54) is 19.8 Å². The maximum Gasteiger partial charge on any atom is 0.256 e. The summed E-state index contributed by atoms with van der Waals surface area (Å²) < 4.78 is 13.1. The first-order valence-corrected chi connectivity index (χ1v) is 9.58. The number of carbonyl (C=O) groups is 1. The minimum atomic E-state index is -1.15. The Morgan fingerprint density at radius 2 is 2.07 bits per heavy atom. The maximum atomic E-state index is 12.5. The predicted octanol–water partition coefficient (Wildman–Crippen LogP) is 1.12. The van der Waals surface area contributed by atoms with Gasteiger partial charge in [0.25, 0.3) is 5.91 Å². The highest BCUT2D eigenvalue weighted by molar-refractivity contribution is 6.06. The topological polar surface area (TPSA) is 132 Å². The minimum absolute atomic E-state index is 0.254. The second-order valence-corrected chi connectivity index (χ2v) is 7.10. The summed E-state index contributed by atoms with van der Waals surface area (Å²) in [4.78, 5) is 25.3. The number of anilines is 1. The summed E-state index contributed by atoms with van der Waals surface area (Å²) in [5.74, 6) is -0.0678. The van der Waals surface area contributed by atoms with Crippen molar-refractivity contribution >= 4 is 22.9 Å².